The number of carbonyl (C=O) groups excluding carboxylic acids is 1. The highest BCUT2D eigenvalue weighted by atomic mass is 35.5. The van der Waals surface area contributed by atoms with E-state index in [0.717, 1.165) is 27.7 Å². The summed E-state index contributed by atoms with van der Waals surface area (Å²) in [7, 11) is 0. The normalized spacial score (nSPS) is 15.2. The molecule has 6 nitrogen and oxygen atoms in total. The lowest BCUT2D eigenvalue weighted by Gasteiger charge is -2.25. The third-order valence-corrected chi connectivity index (χ3v) is 9.25. The maximum Gasteiger partial charge on any atom is 0.338 e. The van der Waals surface area contributed by atoms with Crippen molar-refractivity contribution < 1.29 is 9.53 Å². The van der Waals surface area contributed by atoms with Gasteiger partial charge in [0.2, 0.25) is 0 Å². The molecule has 0 radical (unpaired) electrons. The van der Waals surface area contributed by atoms with E-state index < -0.39 is 12.0 Å². The number of fused-ring (bicyclic) bond motifs is 2. The molecule has 9 heteroatoms. The Balaban J connectivity index is 1.57. The minimum Gasteiger partial charge on any atom is -0.463 e. The van der Waals surface area contributed by atoms with Crippen LogP contribution in [-0.2, 0) is 16.1 Å². The average molecular weight is 617 g/mol. The van der Waals surface area contributed by atoms with Crippen LogP contribution in [-0.4, -0.2) is 21.7 Å². The maximum absolute atomic E-state index is 14.2. The number of nitrogens with zero attached hydrogens (tertiary/aromatic N) is 3. The van der Waals surface area contributed by atoms with Gasteiger partial charge in [-0.1, -0.05) is 89.1 Å². The fraction of sp³-hybridized carbons (Fsp3) is 0.182. The zero-order chi connectivity index (χ0) is 29.5. The van der Waals surface area contributed by atoms with Gasteiger partial charge in [0.15, 0.2) is 4.80 Å². The summed E-state index contributed by atoms with van der Waals surface area (Å²) in [4.78, 5) is 32.5. The first kappa shape index (κ1) is 28.2. The third-order valence-electron chi connectivity index (χ3n) is 7.56. The Labute approximate surface area is 256 Å². The van der Waals surface area contributed by atoms with Gasteiger partial charge in [0.1, 0.15) is 6.04 Å². The summed E-state index contributed by atoms with van der Waals surface area (Å²) < 4.78 is 9.68. The van der Waals surface area contributed by atoms with Gasteiger partial charge in [0, 0.05) is 38.8 Å². The van der Waals surface area contributed by atoms with Crippen molar-refractivity contribution in [1.29, 1.82) is 0 Å². The van der Waals surface area contributed by atoms with E-state index in [2.05, 4.69) is 23.6 Å². The number of ether oxygens (including phenoxy) is 1. The van der Waals surface area contributed by atoms with Crippen LogP contribution in [0.15, 0.2) is 93.9 Å². The molecule has 0 saturated heterocycles. The standard InChI is InChI=1S/C33H27Cl2N3O3S/c1-4-41-32(40)29-19(2)36-33-38(30(29)23-13-6-9-15-26(23)35)31(39)28(42-33)17-24-20(3)37(27-16-10-7-12-22(24)27)18-21-11-5-8-14-25(21)34/h5-17,30H,4,18H2,1-3H3/b28-17-/t30-/m1/s1. The van der Waals surface area contributed by atoms with E-state index >= 15 is 0 Å². The van der Waals surface area contributed by atoms with Crippen LogP contribution in [0.5, 0.6) is 0 Å². The van der Waals surface area contributed by atoms with Crippen LogP contribution in [0.1, 0.15) is 42.3 Å². The van der Waals surface area contributed by atoms with E-state index in [-0.39, 0.29) is 12.2 Å². The molecular formula is C33H27Cl2N3O3S. The Morgan fingerprint density at radius 2 is 1.69 bits per heavy atom. The minimum atomic E-state index is -0.765. The molecule has 3 aromatic carbocycles. The lowest BCUT2D eigenvalue weighted by molar-refractivity contribution is -0.139. The van der Waals surface area contributed by atoms with E-state index in [1.807, 2.05) is 60.7 Å². The summed E-state index contributed by atoms with van der Waals surface area (Å²) in [6.45, 7) is 6.36. The number of thiazole rings is 1. The van der Waals surface area contributed by atoms with Crippen LogP contribution in [0.25, 0.3) is 17.0 Å². The van der Waals surface area contributed by atoms with Gasteiger partial charge < -0.3 is 9.30 Å². The Hall–Kier alpha value is -3.91. The van der Waals surface area contributed by atoms with Gasteiger partial charge in [0.05, 0.1) is 22.4 Å². The second kappa shape index (κ2) is 11.4. The second-order valence-corrected chi connectivity index (χ2v) is 11.8. The molecule has 3 heterocycles. The number of aromatic nitrogens is 2. The smallest absolute Gasteiger partial charge is 0.338 e. The highest BCUT2D eigenvalue weighted by molar-refractivity contribution is 7.07. The van der Waals surface area contributed by atoms with Crippen molar-refractivity contribution in [3.05, 3.63) is 136 Å². The van der Waals surface area contributed by atoms with Gasteiger partial charge in [-0.15, -0.1) is 0 Å². The molecule has 0 saturated carbocycles. The van der Waals surface area contributed by atoms with Crippen molar-refractivity contribution in [2.24, 2.45) is 4.99 Å². The molecule has 2 aromatic heterocycles. The molecule has 0 N–H and O–H groups in total. The first-order valence-electron chi connectivity index (χ1n) is 13.6. The molecule has 0 aliphatic carbocycles. The van der Waals surface area contributed by atoms with E-state index in [9.17, 15) is 9.59 Å². The number of halogens is 2. The van der Waals surface area contributed by atoms with Crippen molar-refractivity contribution in [2.45, 2.75) is 33.4 Å². The number of rotatable bonds is 6. The highest BCUT2D eigenvalue weighted by Crippen LogP contribution is 2.34. The number of para-hydroxylation sites is 1. The van der Waals surface area contributed by atoms with Gasteiger partial charge in [-0.05, 0) is 56.2 Å². The van der Waals surface area contributed by atoms with Crippen molar-refractivity contribution in [2.75, 3.05) is 6.61 Å². The maximum atomic E-state index is 14.2. The molecule has 0 fully saturated rings. The Kier molecular flexibility index (Phi) is 7.66. The van der Waals surface area contributed by atoms with Crippen LogP contribution < -0.4 is 14.9 Å². The lowest BCUT2D eigenvalue weighted by atomic mass is 9.96. The van der Waals surface area contributed by atoms with E-state index in [0.29, 0.717) is 42.8 Å². The average Bonchev–Trinajstić information content (AvgIpc) is 3.42. The fourth-order valence-corrected chi connectivity index (χ4v) is 7.02. The van der Waals surface area contributed by atoms with Gasteiger partial charge >= 0.3 is 5.97 Å². The first-order valence-corrected chi connectivity index (χ1v) is 15.1. The third kappa shape index (κ3) is 4.81. The molecule has 0 bridgehead atoms. The fourth-order valence-electron chi connectivity index (χ4n) is 5.55. The summed E-state index contributed by atoms with van der Waals surface area (Å²) in [5.74, 6) is -0.517. The summed E-state index contributed by atoms with van der Waals surface area (Å²) in [5.41, 5.74) is 5.19. The summed E-state index contributed by atoms with van der Waals surface area (Å²) in [5, 5.41) is 2.18. The van der Waals surface area contributed by atoms with E-state index in [1.54, 1.807) is 24.5 Å². The monoisotopic (exact) mass is 615 g/mol. The quantitative estimate of drug-likeness (QED) is 0.207. The lowest BCUT2D eigenvalue weighted by Crippen LogP contribution is -2.40. The summed E-state index contributed by atoms with van der Waals surface area (Å²) >= 11 is 14.4. The molecule has 212 valence electrons. The van der Waals surface area contributed by atoms with Crippen LogP contribution in [0, 0.1) is 6.92 Å². The van der Waals surface area contributed by atoms with Crippen molar-refractivity contribution in [3.8, 4) is 0 Å². The highest BCUT2D eigenvalue weighted by Gasteiger charge is 2.34. The molecule has 0 amide bonds. The largest absolute Gasteiger partial charge is 0.463 e. The van der Waals surface area contributed by atoms with Crippen molar-refractivity contribution in [3.63, 3.8) is 0 Å². The first-order chi connectivity index (χ1) is 20.3. The summed E-state index contributed by atoms with van der Waals surface area (Å²) in [6, 6.07) is 22.4. The van der Waals surface area contributed by atoms with Crippen LogP contribution >= 0.6 is 34.5 Å². The predicted octanol–water partition coefficient (Wildman–Crippen LogP) is 6.42. The number of hydrogen-bond donors (Lipinski definition) is 0. The molecule has 0 unspecified atom stereocenters. The summed E-state index contributed by atoms with van der Waals surface area (Å²) in [6.07, 6.45) is 1.93. The molecule has 1 atom stereocenters. The van der Waals surface area contributed by atoms with Gasteiger partial charge in [-0.3, -0.25) is 9.36 Å². The topological polar surface area (TPSA) is 65.6 Å². The minimum absolute atomic E-state index is 0.201. The van der Waals surface area contributed by atoms with E-state index in [4.69, 9.17) is 32.9 Å². The molecule has 5 aromatic rings. The van der Waals surface area contributed by atoms with Crippen molar-refractivity contribution in [1.82, 2.24) is 9.13 Å². The van der Waals surface area contributed by atoms with Crippen LogP contribution in [0.2, 0.25) is 10.0 Å². The number of benzene rings is 3. The number of esters is 1. The molecule has 1 aliphatic rings. The van der Waals surface area contributed by atoms with Gasteiger partial charge in [0.25, 0.3) is 5.56 Å². The zero-order valence-electron chi connectivity index (χ0n) is 23.2. The Morgan fingerprint density at radius 1 is 1.00 bits per heavy atom. The molecule has 42 heavy (non-hydrogen) atoms. The Morgan fingerprint density at radius 3 is 2.43 bits per heavy atom. The predicted molar refractivity (Wildman–Crippen MR) is 169 cm³/mol. The van der Waals surface area contributed by atoms with Crippen LogP contribution in [0.3, 0.4) is 0 Å². The second-order valence-electron chi connectivity index (χ2n) is 10.0. The SMILES string of the molecule is CCOC(=O)C1=C(C)N=c2s/c(=C\c3c(C)n(Cc4ccccc4Cl)c4ccccc34)c(=O)n2[C@@H]1c1ccccc1Cl. The van der Waals surface area contributed by atoms with Crippen molar-refractivity contribution >= 4 is 57.5 Å². The number of carbonyl (C=O) groups is 1. The van der Waals surface area contributed by atoms with E-state index in [1.165, 1.54) is 11.3 Å². The molecule has 0 spiro atoms. The van der Waals surface area contributed by atoms with Gasteiger partial charge in [-0.2, -0.15) is 0 Å². The molecule has 6 rings (SSSR count). The molecule has 1 aliphatic heterocycles. The van der Waals surface area contributed by atoms with Gasteiger partial charge in [-0.25, -0.2) is 9.79 Å². The molecular weight excluding hydrogens is 589 g/mol. The zero-order valence-corrected chi connectivity index (χ0v) is 25.6. The number of hydrogen-bond acceptors (Lipinski definition) is 5. The van der Waals surface area contributed by atoms with Crippen LogP contribution in [0.4, 0.5) is 0 Å². The number of allylic oxidation sites excluding steroid dienone is 1. The Bertz CT molecular complexity index is 2090.